The van der Waals surface area contributed by atoms with E-state index in [1.54, 1.807) is 0 Å². The lowest BCUT2D eigenvalue weighted by Crippen LogP contribution is -2.53. The fraction of sp³-hybridized carbons (Fsp3) is 0.545. The van der Waals surface area contributed by atoms with Crippen LogP contribution in [-0.2, 0) is 10.3 Å². The van der Waals surface area contributed by atoms with Crippen LogP contribution >= 0.6 is 0 Å². The number of rotatable bonds is 3. The molecule has 0 radical (unpaired) electrons. The van der Waals surface area contributed by atoms with E-state index in [9.17, 15) is 4.79 Å². The van der Waals surface area contributed by atoms with E-state index in [0.717, 1.165) is 51.1 Å². The Hall–Kier alpha value is -2.30. The highest BCUT2D eigenvalue weighted by Gasteiger charge is 2.51. The molecule has 5 heteroatoms. The van der Waals surface area contributed by atoms with E-state index >= 15 is 0 Å². The standard InChI is InChI=1S/C22H28N4O/c1-2-13-26-18-9-5-12-23-20(18)25-14-6-10-19(25)22(26)11-15-24(16-22)21(27)17-7-3-4-8-17/h5-6,9-10,12,14,17H,2-4,7-8,11,13,15-16H2,1H3/t22-/m0/s1. The maximum atomic E-state index is 13.1. The summed E-state index contributed by atoms with van der Waals surface area (Å²) in [7, 11) is 0. The molecule has 0 bridgehead atoms. The van der Waals surface area contributed by atoms with Crippen LogP contribution in [0, 0.1) is 5.92 Å². The van der Waals surface area contributed by atoms with Crippen molar-refractivity contribution in [1.82, 2.24) is 14.5 Å². The van der Waals surface area contributed by atoms with Crippen molar-refractivity contribution < 1.29 is 4.79 Å². The summed E-state index contributed by atoms with van der Waals surface area (Å²) in [6.07, 6.45) is 10.6. The summed E-state index contributed by atoms with van der Waals surface area (Å²) in [5, 5.41) is 0. The number of carbonyl (C=O) groups excluding carboxylic acids is 1. The Labute approximate surface area is 161 Å². The first kappa shape index (κ1) is 16.8. The zero-order valence-corrected chi connectivity index (χ0v) is 16.1. The van der Waals surface area contributed by atoms with Gasteiger partial charge in [-0.15, -0.1) is 0 Å². The van der Waals surface area contributed by atoms with Gasteiger partial charge in [0.1, 0.15) is 5.54 Å². The SMILES string of the molecule is CCCN1c2cccnc2-n2cccc2[C@@]12CCN(C(=O)C1CCCC1)C2. The van der Waals surface area contributed by atoms with E-state index < -0.39 is 0 Å². The molecule has 27 heavy (non-hydrogen) atoms. The van der Waals surface area contributed by atoms with Crippen LogP contribution in [0.3, 0.4) is 0 Å². The lowest BCUT2D eigenvalue weighted by molar-refractivity contribution is -0.134. The van der Waals surface area contributed by atoms with Crippen molar-refractivity contribution in [3.8, 4) is 5.82 Å². The second kappa shape index (κ2) is 6.39. The number of amides is 1. The third kappa shape index (κ3) is 2.43. The van der Waals surface area contributed by atoms with Gasteiger partial charge in [-0.25, -0.2) is 4.98 Å². The summed E-state index contributed by atoms with van der Waals surface area (Å²) in [6, 6.07) is 8.56. The van der Waals surface area contributed by atoms with E-state index in [4.69, 9.17) is 0 Å². The van der Waals surface area contributed by atoms with Crippen molar-refractivity contribution in [3.05, 3.63) is 42.4 Å². The second-order valence-corrected chi connectivity index (χ2v) is 8.28. The molecule has 5 nitrogen and oxygen atoms in total. The number of pyridine rings is 1. The van der Waals surface area contributed by atoms with Crippen molar-refractivity contribution in [3.63, 3.8) is 0 Å². The topological polar surface area (TPSA) is 41.4 Å². The molecule has 2 fully saturated rings. The molecule has 1 aliphatic carbocycles. The Morgan fingerprint density at radius 3 is 2.93 bits per heavy atom. The third-order valence-corrected chi connectivity index (χ3v) is 6.74. The Morgan fingerprint density at radius 2 is 2.11 bits per heavy atom. The number of carbonyl (C=O) groups is 1. The van der Waals surface area contributed by atoms with Crippen molar-refractivity contribution in [2.75, 3.05) is 24.5 Å². The highest BCUT2D eigenvalue weighted by atomic mass is 16.2. The third-order valence-electron chi connectivity index (χ3n) is 6.74. The maximum Gasteiger partial charge on any atom is 0.225 e. The van der Waals surface area contributed by atoms with Gasteiger partial charge in [0.25, 0.3) is 0 Å². The summed E-state index contributed by atoms with van der Waals surface area (Å²) in [4.78, 5) is 22.5. The lowest BCUT2D eigenvalue weighted by atomic mass is 9.88. The number of hydrogen-bond acceptors (Lipinski definition) is 3. The van der Waals surface area contributed by atoms with Gasteiger partial charge in [0.15, 0.2) is 5.82 Å². The molecular weight excluding hydrogens is 336 g/mol. The van der Waals surface area contributed by atoms with Gasteiger partial charge in [-0.1, -0.05) is 19.8 Å². The van der Waals surface area contributed by atoms with Crippen LogP contribution in [0.1, 0.15) is 51.1 Å². The van der Waals surface area contributed by atoms with Crippen molar-refractivity contribution in [2.45, 2.75) is 51.0 Å². The minimum absolute atomic E-state index is 0.135. The van der Waals surface area contributed by atoms with Gasteiger partial charge >= 0.3 is 0 Å². The quantitative estimate of drug-likeness (QED) is 0.833. The molecule has 0 N–H and O–H groups in total. The first-order valence-electron chi connectivity index (χ1n) is 10.4. The molecule has 1 spiro atoms. The molecule has 142 valence electrons. The largest absolute Gasteiger partial charge is 0.355 e. The number of hydrogen-bond donors (Lipinski definition) is 0. The zero-order chi connectivity index (χ0) is 18.4. The minimum atomic E-state index is -0.135. The van der Waals surface area contributed by atoms with Crippen LogP contribution in [0.4, 0.5) is 5.69 Å². The van der Waals surface area contributed by atoms with Gasteiger partial charge in [0, 0.05) is 37.9 Å². The highest BCUT2D eigenvalue weighted by Crippen LogP contribution is 2.47. The average Bonchev–Trinajstić information content (AvgIpc) is 3.46. The van der Waals surface area contributed by atoms with Crippen LogP contribution in [0.25, 0.3) is 5.82 Å². The Bertz CT molecular complexity index is 854. The van der Waals surface area contributed by atoms with Gasteiger partial charge in [0.05, 0.1) is 11.4 Å². The maximum absolute atomic E-state index is 13.1. The molecule has 1 saturated carbocycles. The first-order chi connectivity index (χ1) is 13.2. The molecule has 3 aliphatic rings. The average molecular weight is 364 g/mol. The fourth-order valence-corrected chi connectivity index (χ4v) is 5.50. The van der Waals surface area contributed by atoms with Crippen LogP contribution in [0.5, 0.6) is 0 Å². The van der Waals surface area contributed by atoms with Crippen molar-refractivity contribution >= 4 is 11.6 Å². The predicted octanol–water partition coefficient (Wildman–Crippen LogP) is 3.72. The van der Waals surface area contributed by atoms with Gasteiger partial charge in [-0.05, 0) is 49.9 Å². The number of anilines is 1. The zero-order valence-electron chi connectivity index (χ0n) is 16.1. The number of fused-ring (bicyclic) bond motifs is 4. The number of aromatic nitrogens is 2. The summed E-state index contributed by atoms with van der Waals surface area (Å²) in [5.74, 6) is 1.65. The second-order valence-electron chi connectivity index (χ2n) is 8.28. The molecule has 2 aromatic rings. The highest BCUT2D eigenvalue weighted by molar-refractivity contribution is 5.80. The van der Waals surface area contributed by atoms with E-state index in [-0.39, 0.29) is 11.5 Å². The normalized spacial score (nSPS) is 24.5. The molecular formula is C22H28N4O. The molecule has 1 atom stereocenters. The van der Waals surface area contributed by atoms with Crippen molar-refractivity contribution in [1.29, 1.82) is 0 Å². The Kier molecular flexibility index (Phi) is 3.99. The number of likely N-dealkylation sites (tertiary alicyclic amines) is 1. The summed E-state index contributed by atoms with van der Waals surface area (Å²) in [5.41, 5.74) is 2.34. The molecule has 1 amide bonds. The molecule has 2 aliphatic heterocycles. The molecule has 0 unspecified atom stereocenters. The molecule has 5 rings (SSSR count). The van der Waals surface area contributed by atoms with Gasteiger partial charge in [-0.3, -0.25) is 4.79 Å². The summed E-state index contributed by atoms with van der Waals surface area (Å²) >= 11 is 0. The van der Waals surface area contributed by atoms with E-state index in [1.165, 1.54) is 24.2 Å². The lowest BCUT2D eigenvalue weighted by Gasteiger charge is -2.47. The smallest absolute Gasteiger partial charge is 0.225 e. The first-order valence-corrected chi connectivity index (χ1v) is 10.4. The minimum Gasteiger partial charge on any atom is -0.355 e. The number of nitrogens with zero attached hydrogens (tertiary/aromatic N) is 4. The predicted molar refractivity (Wildman–Crippen MR) is 106 cm³/mol. The Morgan fingerprint density at radius 1 is 1.26 bits per heavy atom. The summed E-state index contributed by atoms with van der Waals surface area (Å²) in [6.45, 7) is 4.86. The molecule has 2 aromatic heterocycles. The van der Waals surface area contributed by atoms with E-state index in [0.29, 0.717) is 5.91 Å². The van der Waals surface area contributed by atoms with Crippen LogP contribution in [-0.4, -0.2) is 40.0 Å². The summed E-state index contributed by atoms with van der Waals surface area (Å²) < 4.78 is 2.24. The Balaban J connectivity index is 1.55. The van der Waals surface area contributed by atoms with Crippen LogP contribution < -0.4 is 4.90 Å². The van der Waals surface area contributed by atoms with Crippen LogP contribution in [0.2, 0.25) is 0 Å². The van der Waals surface area contributed by atoms with Gasteiger partial charge in [0.2, 0.25) is 5.91 Å². The van der Waals surface area contributed by atoms with E-state index in [2.05, 4.69) is 50.7 Å². The molecule has 1 saturated heterocycles. The van der Waals surface area contributed by atoms with Crippen molar-refractivity contribution in [2.24, 2.45) is 5.92 Å². The molecule has 4 heterocycles. The van der Waals surface area contributed by atoms with Crippen LogP contribution in [0.15, 0.2) is 36.7 Å². The van der Waals surface area contributed by atoms with Gasteiger partial charge < -0.3 is 14.4 Å². The monoisotopic (exact) mass is 364 g/mol. The fourth-order valence-electron chi connectivity index (χ4n) is 5.50. The van der Waals surface area contributed by atoms with Gasteiger partial charge in [-0.2, -0.15) is 0 Å². The van der Waals surface area contributed by atoms with E-state index in [1.807, 2.05) is 12.3 Å². The molecule has 0 aromatic carbocycles.